The van der Waals surface area contributed by atoms with Crippen LogP contribution in [0.25, 0.3) is 9.40 Å². The molecule has 1 amide bonds. The minimum atomic E-state index is 0.149. The number of amides is 1. The summed E-state index contributed by atoms with van der Waals surface area (Å²) in [5.41, 5.74) is 0. The van der Waals surface area contributed by atoms with Crippen LogP contribution in [0.4, 0.5) is 0 Å². The Labute approximate surface area is 131 Å². The summed E-state index contributed by atoms with van der Waals surface area (Å²) in [6, 6.07) is 4.56. The quantitative estimate of drug-likeness (QED) is 0.923. The van der Waals surface area contributed by atoms with Gasteiger partial charge in [0, 0.05) is 31.1 Å². The number of hydrogen-bond donors (Lipinski definition) is 1. The predicted octanol–water partition coefficient (Wildman–Crippen LogP) is 3.03. The van der Waals surface area contributed by atoms with Crippen LogP contribution in [0.3, 0.4) is 0 Å². The summed E-state index contributed by atoms with van der Waals surface area (Å²) in [6.07, 6.45) is 2.63. The van der Waals surface area contributed by atoms with Crippen LogP contribution in [-0.2, 0) is 0 Å². The Balaban J connectivity index is 1.37. The normalized spacial score (nSPS) is 37.2. The lowest BCUT2D eigenvalue weighted by molar-refractivity contribution is -0.0418. The lowest BCUT2D eigenvalue weighted by atomic mass is 9.65. The number of carbonyl (C=O) groups is 1. The molecule has 6 rings (SSSR count). The van der Waals surface area contributed by atoms with Crippen LogP contribution in [0.15, 0.2) is 17.5 Å². The van der Waals surface area contributed by atoms with Gasteiger partial charge in [-0.25, -0.2) is 0 Å². The number of rotatable bonds is 2. The van der Waals surface area contributed by atoms with Crippen molar-refractivity contribution in [3.63, 3.8) is 0 Å². The summed E-state index contributed by atoms with van der Waals surface area (Å²) in [6.45, 7) is 3.68. The molecule has 5 heteroatoms. The third-order valence-electron chi connectivity index (χ3n) is 5.46. The average Bonchev–Trinajstić information content (AvgIpc) is 3.02. The molecular weight excluding hydrogens is 300 g/mol. The molecule has 3 aliphatic heterocycles. The smallest absolute Gasteiger partial charge is 0.261 e. The first kappa shape index (κ1) is 12.6. The number of nitrogens with one attached hydrogen (secondary N) is 1. The molecule has 0 radical (unpaired) electrons. The molecule has 5 heterocycles. The summed E-state index contributed by atoms with van der Waals surface area (Å²) in [5, 5.41) is 6.69. The molecule has 2 atom stereocenters. The van der Waals surface area contributed by atoms with Crippen molar-refractivity contribution in [2.45, 2.75) is 18.9 Å². The van der Waals surface area contributed by atoms with E-state index in [-0.39, 0.29) is 5.91 Å². The molecule has 2 unspecified atom stereocenters. The van der Waals surface area contributed by atoms with E-state index in [1.54, 1.807) is 22.7 Å². The van der Waals surface area contributed by atoms with E-state index in [0.717, 1.165) is 10.8 Å². The summed E-state index contributed by atoms with van der Waals surface area (Å²) < 4.78 is 1.26. The monoisotopic (exact) mass is 318 g/mol. The Morgan fingerprint density at radius 3 is 2.76 bits per heavy atom. The maximum atomic E-state index is 12.6. The molecule has 2 aromatic heterocycles. The van der Waals surface area contributed by atoms with E-state index in [9.17, 15) is 4.79 Å². The van der Waals surface area contributed by atoms with E-state index in [1.807, 2.05) is 6.07 Å². The highest BCUT2D eigenvalue weighted by Crippen LogP contribution is 2.43. The summed E-state index contributed by atoms with van der Waals surface area (Å²) in [5.74, 6) is 2.40. The van der Waals surface area contributed by atoms with Gasteiger partial charge in [-0.1, -0.05) is 0 Å². The standard InChI is InChI=1S/C16H18N2OS2/c19-15(13-5-10-1-2-20-16(10)21-13)17-14-11-3-9-4-12(14)8-18(6-9)7-11/h1-2,5,9,11-12,14H,3-4,6-8H2,(H,17,19). The van der Waals surface area contributed by atoms with Crippen LogP contribution in [0.1, 0.15) is 22.5 Å². The van der Waals surface area contributed by atoms with Crippen LogP contribution < -0.4 is 5.32 Å². The number of fused-ring (bicyclic) bond motifs is 1. The molecule has 4 bridgehead atoms. The SMILES string of the molecule is O=C(NC1C2CC3CC1CN(C3)C2)c1cc2ccsc2s1. The second-order valence-corrected chi connectivity index (χ2v) is 9.08. The summed E-state index contributed by atoms with van der Waals surface area (Å²) in [4.78, 5) is 16.1. The fourth-order valence-electron chi connectivity index (χ4n) is 4.74. The number of carbonyl (C=O) groups excluding carboxylic acids is 1. The van der Waals surface area contributed by atoms with Crippen LogP contribution in [0.5, 0.6) is 0 Å². The van der Waals surface area contributed by atoms with E-state index < -0.39 is 0 Å². The van der Waals surface area contributed by atoms with Crippen molar-refractivity contribution < 1.29 is 4.79 Å². The molecule has 4 fully saturated rings. The molecule has 4 aliphatic rings. The van der Waals surface area contributed by atoms with Gasteiger partial charge in [-0.3, -0.25) is 4.79 Å². The van der Waals surface area contributed by atoms with Crippen molar-refractivity contribution in [2.75, 3.05) is 19.6 Å². The van der Waals surface area contributed by atoms with Gasteiger partial charge in [-0.05, 0) is 48.1 Å². The van der Waals surface area contributed by atoms with Gasteiger partial charge in [0.15, 0.2) is 0 Å². The number of piperidine rings is 3. The molecule has 0 spiro atoms. The van der Waals surface area contributed by atoms with Gasteiger partial charge in [0.05, 0.1) is 8.89 Å². The molecule has 110 valence electrons. The van der Waals surface area contributed by atoms with Crippen molar-refractivity contribution in [3.05, 3.63) is 22.4 Å². The lowest BCUT2D eigenvalue weighted by Crippen LogP contribution is -2.64. The number of thiophene rings is 2. The third kappa shape index (κ3) is 1.98. The van der Waals surface area contributed by atoms with Gasteiger partial charge in [0.2, 0.25) is 0 Å². The molecule has 1 N–H and O–H groups in total. The van der Waals surface area contributed by atoms with Gasteiger partial charge in [-0.15, -0.1) is 22.7 Å². The van der Waals surface area contributed by atoms with Crippen molar-refractivity contribution in [1.29, 1.82) is 0 Å². The molecule has 3 saturated heterocycles. The maximum absolute atomic E-state index is 12.6. The molecular formula is C16H18N2OS2. The molecule has 1 saturated carbocycles. The second kappa shape index (κ2) is 4.54. The topological polar surface area (TPSA) is 32.3 Å². The lowest BCUT2D eigenvalue weighted by Gasteiger charge is -2.55. The fourth-order valence-corrected chi connectivity index (χ4v) is 6.76. The Bertz CT molecular complexity index is 648. The maximum Gasteiger partial charge on any atom is 0.261 e. The van der Waals surface area contributed by atoms with Crippen LogP contribution >= 0.6 is 22.7 Å². The Morgan fingerprint density at radius 1 is 1.24 bits per heavy atom. The van der Waals surface area contributed by atoms with Crippen molar-refractivity contribution in [3.8, 4) is 0 Å². The molecule has 2 aromatic rings. The van der Waals surface area contributed by atoms with Gasteiger partial charge in [-0.2, -0.15) is 0 Å². The largest absolute Gasteiger partial charge is 0.348 e. The Kier molecular flexibility index (Phi) is 2.73. The van der Waals surface area contributed by atoms with Crippen LogP contribution in [0.2, 0.25) is 0 Å². The minimum Gasteiger partial charge on any atom is -0.348 e. The summed E-state index contributed by atoms with van der Waals surface area (Å²) in [7, 11) is 0. The van der Waals surface area contributed by atoms with Gasteiger partial charge < -0.3 is 10.2 Å². The van der Waals surface area contributed by atoms with Crippen molar-refractivity contribution in [1.82, 2.24) is 10.2 Å². The van der Waals surface area contributed by atoms with E-state index in [2.05, 4.69) is 21.7 Å². The zero-order chi connectivity index (χ0) is 14.0. The van der Waals surface area contributed by atoms with Crippen LogP contribution in [0, 0.1) is 17.8 Å². The highest BCUT2D eigenvalue weighted by atomic mass is 32.2. The van der Waals surface area contributed by atoms with E-state index in [4.69, 9.17) is 0 Å². The first-order valence-electron chi connectivity index (χ1n) is 7.76. The second-order valence-electron chi connectivity index (χ2n) is 6.85. The molecule has 21 heavy (non-hydrogen) atoms. The third-order valence-corrected chi connectivity index (χ3v) is 7.66. The van der Waals surface area contributed by atoms with E-state index in [0.29, 0.717) is 17.9 Å². The minimum absolute atomic E-state index is 0.149. The van der Waals surface area contributed by atoms with Gasteiger partial charge >= 0.3 is 0 Å². The van der Waals surface area contributed by atoms with Crippen LogP contribution in [-0.4, -0.2) is 36.5 Å². The van der Waals surface area contributed by atoms with E-state index in [1.165, 1.54) is 41.9 Å². The zero-order valence-electron chi connectivity index (χ0n) is 11.7. The molecule has 0 aromatic carbocycles. The van der Waals surface area contributed by atoms with E-state index >= 15 is 0 Å². The average molecular weight is 318 g/mol. The van der Waals surface area contributed by atoms with Gasteiger partial charge in [0.1, 0.15) is 0 Å². The first-order chi connectivity index (χ1) is 10.3. The zero-order valence-corrected chi connectivity index (χ0v) is 13.4. The van der Waals surface area contributed by atoms with Crippen molar-refractivity contribution >= 4 is 38.0 Å². The molecule has 1 aliphatic carbocycles. The Morgan fingerprint density at radius 2 is 2.05 bits per heavy atom. The first-order valence-corrected chi connectivity index (χ1v) is 9.46. The van der Waals surface area contributed by atoms with Gasteiger partial charge in [0.25, 0.3) is 5.91 Å². The summed E-state index contributed by atoms with van der Waals surface area (Å²) >= 11 is 3.36. The van der Waals surface area contributed by atoms with Crippen molar-refractivity contribution in [2.24, 2.45) is 17.8 Å². The highest BCUT2D eigenvalue weighted by Gasteiger charge is 2.47. The molecule has 3 nitrogen and oxygen atoms in total. The fraction of sp³-hybridized carbons (Fsp3) is 0.562. The Hall–Kier alpha value is -0.910. The number of nitrogens with zero attached hydrogens (tertiary/aromatic N) is 1. The number of hydrogen-bond acceptors (Lipinski definition) is 4. The predicted molar refractivity (Wildman–Crippen MR) is 87.1 cm³/mol. The highest BCUT2D eigenvalue weighted by molar-refractivity contribution is 7.38.